The lowest BCUT2D eigenvalue weighted by molar-refractivity contribution is -0.122. The Hall–Kier alpha value is -2.19. The van der Waals surface area contributed by atoms with E-state index in [2.05, 4.69) is 32.6 Å². The Morgan fingerprint density at radius 1 is 1.11 bits per heavy atom. The van der Waals surface area contributed by atoms with Crippen LogP contribution in [0.2, 0.25) is 0 Å². The van der Waals surface area contributed by atoms with E-state index < -0.39 is 0 Å². The highest BCUT2D eigenvalue weighted by atomic mass is 32.2. The van der Waals surface area contributed by atoms with Gasteiger partial charge in [-0.3, -0.25) is 18.9 Å². The van der Waals surface area contributed by atoms with E-state index in [1.165, 1.54) is 11.8 Å². The number of fused-ring (bicyclic) bond motifs is 1. The van der Waals surface area contributed by atoms with E-state index in [0.717, 1.165) is 57.2 Å². The first kappa shape index (κ1) is 27.4. The highest BCUT2D eigenvalue weighted by Crippen LogP contribution is 2.34. The van der Waals surface area contributed by atoms with Gasteiger partial charge in [0.15, 0.2) is 0 Å². The molecule has 35 heavy (non-hydrogen) atoms. The molecule has 0 spiro atoms. The molecular weight excluding hydrogens is 476 g/mol. The molecule has 3 rings (SSSR count). The molecule has 1 aliphatic rings. The predicted molar refractivity (Wildman–Crippen MR) is 152 cm³/mol. The lowest BCUT2D eigenvalue weighted by Gasteiger charge is -2.24. The van der Waals surface area contributed by atoms with Crippen molar-refractivity contribution in [3.8, 4) is 0 Å². The minimum Gasteiger partial charge on any atom is -0.356 e. The van der Waals surface area contributed by atoms with Gasteiger partial charge in [-0.15, -0.1) is 0 Å². The number of unbranched alkanes of at least 4 members (excludes halogenated alkanes) is 1. The summed E-state index contributed by atoms with van der Waals surface area (Å²) in [5.74, 6) is 0.960. The number of thiocarbonyl (C=S) groups is 1. The standard InChI is InChI=1S/C27H38N4O2S2/c1-6-10-11-20(9-4)18-31-26(33)22(35-27(31)34)16-21-24(29(14-7-2)15-8-3)28-23-13-12-19(5)17-30(23)25(21)32/h12-13,16-17,20H,6-11,14-15,18H2,1-5H3/b22-16-/t20-/m0/s1. The first-order valence-corrected chi connectivity index (χ1v) is 14.1. The molecule has 0 bridgehead atoms. The number of pyridine rings is 1. The number of hydrogen-bond donors (Lipinski definition) is 0. The molecule has 1 atom stereocenters. The first-order valence-electron chi connectivity index (χ1n) is 12.9. The molecule has 2 aromatic heterocycles. The van der Waals surface area contributed by atoms with Crippen LogP contribution < -0.4 is 10.5 Å². The smallest absolute Gasteiger partial charge is 0.267 e. The Bertz CT molecular complexity index is 1150. The van der Waals surface area contributed by atoms with Crippen LogP contribution in [-0.2, 0) is 4.79 Å². The van der Waals surface area contributed by atoms with Gasteiger partial charge in [-0.2, -0.15) is 0 Å². The van der Waals surface area contributed by atoms with Crippen LogP contribution >= 0.6 is 24.0 Å². The van der Waals surface area contributed by atoms with E-state index in [-0.39, 0.29) is 11.5 Å². The zero-order chi connectivity index (χ0) is 25.5. The zero-order valence-electron chi connectivity index (χ0n) is 21.7. The van der Waals surface area contributed by atoms with Gasteiger partial charge in [0, 0.05) is 25.8 Å². The maximum Gasteiger partial charge on any atom is 0.267 e. The number of carbonyl (C=O) groups is 1. The van der Waals surface area contributed by atoms with Gasteiger partial charge < -0.3 is 4.90 Å². The third kappa shape index (κ3) is 6.33. The summed E-state index contributed by atoms with van der Waals surface area (Å²) in [6, 6.07) is 3.84. The number of nitrogens with zero attached hydrogens (tertiary/aromatic N) is 4. The third-order valence-electron chi connectivity index (χ3n) is 6.41. The van der Waals surface area contributed by atoms with Crippen LogP contribution in [0.3, 0.4) is 0 Å². The molecule has 190 valence electrons. The Kier molecular flexibility index (Phi) is 9.92. The van der Waals surface area contributed by atoms with Crippen molar-refractivity contribution in [2.24, 2.45) is 5.92 Å². The van der Waals surface area contributed by atoms with E-state index in [1.807, 2.05) is 19.1 Å². The van der Waals surface area contributed by atoms with Crippen molar-refractivity contribution in [1.29, 1.82) is 0 Å². The summed E-state index contributed by atoms with van der Waals surface area (Å²) < 4.78 is 2.15. The van der Waals surface area contributed by atoms with Crippen molar-refractivity contribution in [3.05, 3.63) is 44.7 Å². The maximum absolute atomic E-state index is 13.7. The van der Waals surface area contributed by atoms with Crippen LogP contribution in [-0.4, -0.2) is 44.1 Å². The van der Waals surface area contributed by atoms with Crippen molar-refractivity contribution < 1.29 is 4.79 Å². The fraction of sp³-hybridized carbons (Fsp3) is 0.556. The molecule has 1 fully saturated rings. The average Bonchev–Trinajstić information content (AvgIpc) is 3.10. The number of amides is 1. The van der Waals surface area contributed by atoms with E-state index in [4.69, 9.17) is 17.2 Å². The predicted octanol–water partition coefficient (Wildman–Crippen LogP) is 6.05. The molecule has 0 aromatic carbocycles. The van der Waals surface area contributed by atoms with Gasteiger partial charge in [0.25, 0.3) is 11.5 Å². The second-order valence-electron chi connectivity index (χ2n) is 9.28. The zero-order valence-corrected chi connectivity index (χ0v) is 23.3. The third-order valence-corrected chi connectivity index (χ3v) is 7.78. The summed E-state index contributed by atoms with van der Waals surface area (Å²) in [4.78, 5) is 36.4. The molecule has 2 aromatic rings. The summed E-state index contributed by atoms with van der Waals surface area (Å²) in [5, 5.41) is 0. The number of aryl methyl sites for hydroxylation is 1. The average molecular weight is 515 g/mol. The number of carbonyl (C=O) groups excluding carboxylic acids is 1. The van der Waals surface area contributed by atoms with Gasteiger partial charge >= 0.3 is 0 Å². The Morgan fingerprint density at radius 3 is 2.46 bits per heavy atom. The summed E-state index contributed by atoms with van der Waals surface area (Å²) in [6.07, 6.45) is 9.80. The van der Waals surface area contributed by atoms with Crippen LogP contribution in [0.15, 0.2) is 28.0 Å². The summed E-state index contributed by atoms with van der Waals surface area (Å²) >= 11 is 6.89. The van der Waals surface area contributed by atoms with Crippen molar-refractivity contribution in [2.45, 2.75) is 73.1 Å². The van der Waals surface area contributed by atoms with Crippen molar-refractivity contribution in [1.82, 2.24) is 14.3 Å². The number of rotatable bonds is 12. The molecular formula is C27H38N4O2S2. The summed E-state index contributed by atoms with van der Waals surface area (Å²) in [6.45, 7) is 12.8. The lowest BCUT2D eigenvalue weighted by atomic mass is 9.99. The lowest BCUT2D eigenvalue weighted by Crippen LogP contribution is -2.33. The van der Waals surface area contributed by atoms with Gasteiger partial charge in [-0.25, -0.2) is 4.98 Å². The molecule has 8 heteroatoms. The van der Waals surface area contributed by atoms with E-state index >= 15 is 0 Å². The second-order valence-corrected chi connectivity index (χ2v) is 11.0. The van der Waals surface area contributed by atoms with Crippen molar-refractivity contribution in [3.63, 3.8) is 0 Å². The molecule has 1 saturated heterocycles. The van der Waals surface area contributed by atoms with Gasteiger partial charge in [-0.1, -0.05) is 77.0 Å². The van der Waals surface area contributed by atoms with Gasteiger partial charge in [-0.05, 0) is 49.8 Å². The van der Waals surface area contributed by atoms with Crippen molar-refractivity contribution in [2.75, 3.05) is 24.5 Å². The minimum absolute atomic E-state index is 0.104. The normalized spacial score (nSPS) is 16.0. The van der Waals surface area contributed by atoms with Crippen LogP contribution in [0, 0.1) is 12.8 Å². The van der Waals surface area contributed by atoms with E-state index in [9.17, 15) is 9.59 Å². The van der Waals surface area contributed by atoms with Gasteiger partial charge in [0.05, 0.1) is 10.5 Å². The van der Waals surface area contributed by atoms with E-state index in [0.29, 0.717) is 38.7 Å². The Morgan fingerprint density at radius 2 is 1.83 bits per heavy atom. The molecule has 0 saturated carbocycles. The molecule has 0 aliphatic carbocycles. The largest absolute Gasteiger partial charge is 0.356 e. The quantitative estimate of drug-likeness (QED) is 0.254. The molecule has 3 heterocycles. The number of anilines is 1. The first-order chi connectivity index (χ1) is 16.8. The Balaban J connectivity index is 2.07. The SMILES string of the molecule is CCCC[C@H](CC)CN1C(=O)/C(=C/c2c(N(CCC)CCC)nc3ccc(C)cn3c2=O)SC1=S. The molecule has 0 radical (unpaired) electrons. The minimum atomic E-state index is -0.162. The summed E-state index contributed by atoms with van der Waals surface area (Å²) in [7, 11) is 0. The number of hydrogen-bond acceptors (Lipinski definition) is 6. The second kappa shape index (κ2) is 12.7. The van der Waals surface area contributed by atoms with Crippen LogP contribution in [0.5, 0.6) is 0 Å². The fourth-order valence-electron chi connectivity index (χ4n) is 4.44. The monoisotopic (exact) mass is 514 g/mol. The topological polar surface area (TPSA) is 57.9 Å². The van der Waals surface area contributed by atoms with Crippen LogP contribution in [0.1, 0.15) is 77.3 Å². The highest BCUT2D eigenvalue weighted by Gasteiger charge is 2.34. The maximum atomic E-state index is 13.7. The van der Waals surface area contributed by atoms with Gasteiger partial charge in [0.1, 0.15) is 15.8 Å². The van der Waals surface area contributed by atoms with E-state index in [1.54, 1.807) is 21.6 Å². The fourth-order valence-corrected chi connectivity index (χ4v) is 5.70. The Labute approximate surface area is 218 Å². The number of aromatic nitrogens is 2. The van der Waals surface area contributed by atoms with Gasteiger partial charge in [0.2, 0.25) is 0 Å². The number of thioether (sulfide) groups is 1. The molecule has 1 amide bonds. The van der Waals surface area contributed by atoms with Crippen LogP contribution in [0.25, 0.3) is 11.7 Å². The molecule has 6 nitrogen and oxygen atoms in total. The highest BCUT2D eigenvalue weighted by molar-refractivity contribution is 8.26. The van der Waals surface area contributed by atoms with Crippen molar-refractivity contribution >= 4 is 51.7 Å². The molecule has 0 unspecified atom stereocenters. The molecule has 0 N–H and O–H groups in total. The summed E-state index contributed by atoms with van der Waals surface area (Å²) in [5.41, 5.74) is 1.88. The molecule has 1 aliphatic heterocycles. The van der Waals surface area contributed by atoms with Crippen LogP contribution in [0.4, 0.5) is 5.82 Å².